The number of aromatic nitrogens is 1. The Morgan fingerprint density at radius 3 is 2.80 bits per heavy atom. The van der Waals surface area contributed by atoms with Gasteiger partial charge in [0.25, 0.3) is 0 Å². The van der Waals surface area contributed by atoms with Crippen LogP contribution in [0, 0.1) is 0 Å². The zero-order valence-corrected chi connectivity index (χ0v) is 12.6. The van der Waals surface area contributed by atoms with Gasteiger partial charge in [-0.15, -0.1) is 11.3 Å². The molecule has 1 N–H and O–H groups in total. The first kappa shape index (κ1) is 13.4. The van der Waals surface area contributed by atoms with Crippen LogP contribution in [0.4, 0.5) is 0 Å². The van der Waals surface area contributed by atoms with Crippen LogP contribution < -0.4 is 11.1 Å². The fourth-order valence-electron chi connectivity index (χ4n) is 2.29. The van der Waals surface area contributed by atoms with E-state index in [1.54, 1.807) is 7.05 Å². The minimum atomic E-state index is -0.350. The van der Waals surface area contributed by atoms with Crippen LogP contribution in [-0.4, -0.2) is 11.6 Å². The molecule has 3 aromatic rings. The molecule has 0 saturated carbocycles. The number of oxazole rings is 1. The lowest BCUT2D eigenvalue weighted by Crippen LogP contribution is -2.16. The number of benzene rings is 1. The van der Waals surface area contributed by atoms with E-state index in [9.17, 15) is 4.79 Å². The molecule has 0 radical (unpaired) electrons. The van der Waals surface area contributed by atoms with Gasteiger partial charge < -0.3 is 9.73 Å². The summed E-state index contributed by atoms with van der Waals surface area (Å²) in [7, 11) is 3.59. The molecule has 0 amide bonds. The standard InChI is InChI=1S/C14H13ClN2O2S/c1-16-13(11-5-6-12(15)20-11)8-3-4-9-10(7-8)19-14(18)17(9)2/h3-7,13,16H,1-2H3. The third kappa shape index (κ3) is 2.18. The average Bonchev–Trinajstić information content (AvgIpc) is 2.96. The molecule has 104 valence electrons. The van der Waals surface area contributed by atoms with Crippen molar-refractivity contribution in [3.05, 3.63) is 55.7 Å². The topological polar surface area (TPSA) is 47.2 Å². The van der Waals surface area contributed by atoms with Crippen LogP contribution in [0.15, 0.2) is 39.5 Å². The largest absolute Gasteiger partial charge is 0.419 e. The zero-order chi connectivity index (χ0) is 14.3. The predicted octanol–water partition coefficient (Wildman–Crippen LogP) is 3.16. The number of hydrogen-bond donors (Lipinski definition) is 1. The lowest BCUT2D eigenvalue weighted by Gasteiger charge is -2.14. The summed E-state index contributed by atoms with van der Waals surface area (Å²) in [6.07, 6.45) is 0. The summed E-state index contributed by atoms with van der Waals surface area (Å²) >= 11 is 7.53. The number of nitrogens with zero attached hydrogens (tertiary/aromatic N) is 1. The molecule has 6 heteroatoms. The Morgan fingerprint density at radius 2 is 2.15 bits per heavy atom. The third-order valence-corrected chi connectivity index (χ3v) is 4.61. The molecule has 0 fully saturated rings. The Bertz CT molecular complexity index is 818. The number of fused-ring (bicyclic) bond motifs is 1. The van der Waals surface area contributed by atoms with E-state index in [-0.39, 0.29) is 11.8 Å². The molecular weight excluding hydrogens is 296 g/mol. The first-order valence-electron chi connectivity index (χ1n) is 6.12. The van der Waals surface area contributed by atoms with E-state index in [1.165, 1.54) is 15.9 Å². The molecule has 0 aliphatic carbocycles. The van der Waals surface area contributed by atoms with Crippen molar-refractivity contribution in [2.45, 2.75) is 6.04 Å². The Labute approximate surface area is 124 Å². The highest BCUT2D eigenvalue weighted by atomic mass is 35.5. The summed E-state index contributed by atoms with van der Waals surface area (Å²) in [5.74, 6) is -0.350. The first-order chi connectivity index (χ1) is 9.60. The van der Waals surface area contributed by atoms with Crippen LogP contribution in [0.5, 0.6) is 0 Å². The van der Waals surface area contributed by atoms with Gasteiger partial charge in [0, 0.05) is 11.9 Å². The highest BCUT2D eigenvalue weighted by Gasteiger charge is 2.16. The molecule has 2 aromatic heterocycles. The van der Waals surface area contributed by atoms with E-state index in [0.29, 0.717) is 5.58 Å². The van der Waals surface area contributed by atoms with Crippen LogP contribution in [0.3, 0.4) is 0 Å². The fourth-order valence-corrected chi connectivity index (χ4v) is 3.49. The molecule has 1 unspecified atom stereocenters. The SMILES string of the molecule is CNC(c1ccc2c(c1)oc(=O)n2C)c1ccc(Cl)s1. The Kier molecular flexibility index (Phi) is 3.41. The lowest BCUT2D eigenvalue weighted by molar-refractivity contribution is 0.527. The summed E-state index contributed by atoms with van der Waals surface area (Å²) in [4.78, 5) is 12.6. The summed E-state index contributed by atoms with van der Waals surface area (Å²) < 4.78 is 7.48. The van der Waals surface area contributed by atoms with Crippen LogP contribution >= 0.6 is 22.9 Å². The lowest BCUT2D eigenvalue weighted by atomic mass is 10.1. The van der Waals surface area contributed by atoms with Crippen molar-refractivity contribution in [2.75, 3.05) is 7.05 Å². The van der Waals surface area contributed by atoms with Gasteiger partial charge in [0.1, 0.15) is 0 Å². The van der Waals surface area contributed by atoms with Crippen LogP contribution in [0.2, 0.25) is 4.34 Å². The maximum Gasteiger partial charge on any atom is 0.419 e. The molecule has 20 heavy (non-hydrogen) atoms. The van der Waals surface area contributed by atoms with Crippen molar-refractivity contribution in [1.82, 2.24) is 9.88 Å². The molecule has 2 heterocycles. The monoisotopic (exact) mass is 308 g/mol. The van der Waals surface area contributed by atoms with Gasteiger partial charge in [-0.25, -0.2) is 4.79 Å². The maximum absolute atomic E-state index is 11.5. The fraction of sp³-hybridized carbons (Fsp3) is 0.214. The third-order valence-electron chi connectivity index (χ3n) is 3.32. The number of rotatable bonds is 3. The predicted molar refractivity (Wildman–Crippen MR) is 81.7 cm³/mol. The minimum absolute atomic E-state index is 0.0300. The molecule has 0 spiro atoms. The van der Waals surface area contributed by atoms with Gasteiger partial charge in [-0.1, -0.05) is 17.7 Å². The second kappa shape index (κ2) is 5.09. The molecule has 4 nitrogen and oxygen atoms in total. The molecule has 0 bridgehead atoms. The Morgan fingerprint density at radius 1 is 1.35 bits per heavy atom. The molecule has 0 aliphatic rings. The van der Waals surface area contributed by atoms with Gasteiger partial charge >= 0.3 is 5.76 Å². The minimum Gasteiger partial charge on any atom is -0.408 e. The zero-order valence-electron chi connectivity index (χ0n) is 11.0. The smallest absolute Gasteiger partial charge is 0.408 e. The van der Waals surface area contributed by atoms with Crippen molar-refractivity contribution < 1.29 is 4.42 Å². The molecular formula is C14H13ClN2O2S. The van der Waals surface area contributed by atoms with Gasteiger partial charge in [0.05, 0.1) is 15.9 Å². The first-order valence-corrected chi connectivity index (χ1v) is 7.31. The highest BCUT2D eigenvalue weighted by molar-refractivity contribution is 7.16. The van der Waals surface area contributed by atoms with E-state index in [1.807, 2.05) is 37.4 Å². The van der Waals surface area contributed by atoms with Crippen molar-refractivity contribution in [3.8, 4) is 0 Å². The molecule has 1 atom stereocenters. The Balaban J connectivity index is 2.10. The van der Waals surface area contributed by atoms with Crippen LogP contribution in [-0.2, 0) is 7.05 Å². The number of aryl methyl sites for hydroxylation is 1. The van der Waals surface area contributed by atoms with Crippen molar-refractivity contribution in [1.29, 1.82) is 0 Å². The summed E-state index contributed by atoms with van der Waals surface area (Å²) in [6, 6.07) is 9.70. The molecule has 0 aliphatic heterocycles. The summed E-state index contributed by atoms with van der Waals surface area (Å²) in [5.41, 5.74) is 2.42. The molecule has 3 rings (SSSR count). The average molecular weight is 309 g/mol. The van der Waals surface area contributed by atoms with Gasteiger partial charge in [-0.05, 0) is 36.9 Å². The van der Waals surface area contributed by atoms with Crippen molar-refractivity contribution in [3.63, 3.8) is 0 Å². The number of nitrogens with one attached hydrogen (secondary N) is 1. The van der Waals surface area contributed by atoms with Gasteiger partial charge in [-0.3, -0.25) is 4.57 Å². The van der Waals surface area contributed by atoms with Gasteiger partial charge in [0.2, 0.25) is 0 Å². The van der Waals surface area contributed by atoms with Gasteiger partial charge in [0.15, 0.2) is 5.58 Å². The summed E-state index contributed by atoms with van der Waals surface area (Å²) in [5, 5.41) is 3.26. The summed E-state index contributed by atoms with van der Waals surface area (Å²) in [6.45, 7) is 0. The van der Waals surface area contributed by atoms with E-state index < -0.39 is 0 Å². The maximum atomic E-state index is 11.5. The van der Waals surface area contributed by atoms with E-state index in [0.717, 1.165) is 20.3 Å². The second-order valence-electron chi connectivity index (χ2n) is 4.52. The normalized spacial score (nSPS) is 12.9. The second-order valence-corrected chi connectivity index (χ2v) is 6.26. The number of halogens is 1. The van der Waals surface area contributed by atoms with Crippen molar-refractivity contribution >= 4 is 34.0 Å². The van der Waals surface area contributed by atoms with Gasteiger partial charge in [-0.2, -0.15) is 0 Å². The van der Waals surface area contributed by atoms with E-state index >= 15 is 0 Å². The van der Waals surface area contributed by atoms with Crippen LogP contribution in [0.25, 0.3) is 11.1 Å². The quantitative estimate of drug-likeness (QED) is 0.808. The van der Waals surface area contributed by atoms with E-state index in [2.05, 4.69) is 5.32 Å². The highest BCUT2D eigenvalue weighted by Crippen LogP contribution is 2.31. The molecule has 0 saturated heterocycles. The number of thiophene rings is 1. The van der Waals surface area contributed by atoms with E-state index in [4.69, 9.17) is 16.0 Å². The Hall–Kier alpha value is -1.56. The van der Waals surface area contributed by atoms with Crippen molar-refractivity contribution in [2.24, 2.45) is 7.05 Å². The van der Waals surface area contributed by atoms with Crippen LogP contribution in [0.1, 0.15) is 16.5 Å². The molecule has 1 aromatic carbocycles. The number of hydrogen-bond acceptors (Lipinski definition) is 4.